The minimum Gasteiger partial charge on any atom is -0.314 e. The molecule has 12 heavy (non-hydrogen) atoms. The highest BCUT2D eigenvalue weighted by Gasteiger charge is 2.47. The number of carbonyl (C=O) groups excluding carboxylic acids is 1. The molecule has 2 N–H and O–H groups in total. The summed E-state index contributed by atoms with van der Waals surface area (Å²) in [6, 6.07) is 0.116. The summed E-state index contributed by atoms with van der Waals surface area (Å²) in [6.07, 6.45) is 0. The summed E-state index contributed by atoms with van der Waals surface area (Å²) in [4.78, 5) is 13.5. The summed E-state index contributed by atoms with van der Waals surface area (Å²) < 4.78 is 0. The third kappa shape index (κ3) is 1.33. The van der Waals surface area contributed by atoms with Crippen LogP contribution in [0.2, 0.25) is 0 Å². The van der Waals surface area contributed by atoms with Gasteiger partial charge in [0, 0.05) is 26.8 Å². The number of likely N-dealkylation sites (N-methyl/N-ethyl adjacent to an activating group) is 1. The lowest BCUT2D eigenvalue weighted by Crippen LogP contribution is -2.98. The molecule has 3 nitrogen and oxygen atoms in total. The van der Waals surface area contributed by atoms with E-state index in [2.05, 4.69) is 33.0 Å². The van der Waals surface area contributed by atoms with Crippen LogP contribution >= 0.6 is 0 Å². The Morgan fingerprint density at radius 3 is 2.17 bits per heavy atom. The quantitative estimate of drug-likeness (QED) is 0.582. The number of carbonyl (C=O) groups is 1. The predicted molar refractivity (Wildman–Crippen MR) is 47.4 cm³/mol. The zero-order valence-corrected chi connectivity index (χ0v) is 8.59. The van der Waals surface area contributed by atoms with E-state index in [-0.39, 0.29) is 17.6 Å². The van der Waals surface area contributed by atoms with Gasteiger partial charge in [-0.3, -0.25) is 9.69 Å². The van der Waals surface area contributed by atoms with Crippen molar-refractivity contribution >= 4 is 5.91 Å². The minimum atomic E-state index is -0.0635. The first-order valence-electron chi connectivity index (χ1n) is 4.50. The zero-order valence-electron chi connectivity index (χ0n) is 8.59. The standard InChI is InChI=1S/C9H18N2O/c1-6(2)7-8(12)11(5)9(3,4)10-7/h6-7,10H,1-5H3/p+1/t7-/m0/s1. The van der Waals surface area contributed by atoms with Gasteiger partial charge in [-0.15, -0.1) is 0 Å². The Labute approximate surface area is 74.1 Å². The molecule has 1 amide bonds. The molecule has 1 saturated heterocycles. The molecule has 70 valence electrons. The molecule has 0 aromatic rings. The summed E-state index contributed by atoms with van der Waals surface area (Å²) in [6.45, 7) is 8.34. The first-order chi connectivity index (χ1) is 5.36. The number of rotatable bonds is 1. The van der Waals surface area contributed by atoms with Crippen molar-refractivity contribution in [3.05, 3.63) is 0 Å². The van der Waals surface area contributed by atoms with Gasteiger partial charge in [-0.05, 0) is 0 Å². The molecule has 0 saturated carbocycles. The van der Waals surface area contributed by atoms with E-state index in [1.165, 1.54) is 0 Å². The predicted octanol–water partition coefficient (Wildman–Crippen LogP) is -0.217. The van der Waals surface area contributed by atoms with Crippen molar-refractivity contribution in [1.82, 2.24) is 4.90 Å². The van der Waals surface area contributed by atoms with Gasteiger partial charge in [0.2, 0.25) is 0 Å². The molecule has 1 atom stereocenters. The number of quaternary nitrogens is 1. The Morgan fingerprint density at radius 2 is 2.00 bits per heavy atom. The summed E-state index contributed by atoms with van der Waals surface area (Å²) in [5, 5.41) is 2.15. The van der Waals surface area contributed by atoms with Crippen LogP contribution in [0.25, 0.3) is 0 Å². The van der Waals surface area contributed by atoms with Gasteiger partial charge in [0.05, 0.1) is 0 Å². The van der Waals surface area contributed by atoms with Crippen LogP contribution in [0.1, 0.15) is 27.7 Å². The maximum Gasteiger partial charge on any atom is 0.285 e. The summed E-state index contributed by atoms with van der Waals surface area (Å²) in [5.74, 6) is 0.678. The lowest BCUT2D eigenvalue weighted by atomic mass is 10.1. The maximum absolute atomic E-state index is 11.7. The fraction of sp³-hybridized carbons (Fsp3) is 0.889. The van der Waals surface area contributed by atoms with Gasteiger partial charge in [-0.25, -0.2) is 0 Å². The van der Waals surface area contributed by atoms with E-state index >= 15 is 0 Å². The second-order valence-electron chi connectivity index (χ2n) is 4.49. The summed E-state index contributed by atoms with van der Waals surface area (Å²) in [5.41, 5.74) is -0.0635. The van der Waals surface area contributed by atoms with Crippen LogP contribution in [0.3, 0.4) is 0 Å². The molecule has 1 fully saturated rings. The first kappa shape index (κ1) is 9.52. The third-order valence-corrected chi connectivity index (χ3v) is 2.79. The average molecular weight is 171 g/mol. The van der Waals surface area contributed by atoms with Gasteiger partial charge >= 0.3 is 0 Å². The third-order valence-electron chi connectivity index (χ3n) is 2.79. The van der Waals surface area contributed by atoms with Crippen LogP contribution < -0.4 is 5.32 Å². The fourth-order valence-electron chi connectivity index (χ4n) is 1.61. The number of hydrogen-bond donors (Lipinski definition) is 1. The molecular weight excluding hydrogens is 152 g/mol. The molecule has 0 aromatic carbocycles. The van der Waals surface area contributed by atoms with E-state index < -0.39 is 0 Å². The molecular formula is C9H19N2O+. The van der Waals surface area contributed by atoms with Crippen molar-refractivity contribution in [3.63, 3.8) is 0 Å². The second kappa shape index (κ2) is 2.73. The van der Waals surface area contributed by atoms with Gasteiger partial charge in [-0.1, -0.05) is 13.8 Å². The molecule has 3 heteroatoms. The van der Waals surface area contributed by atoms with Gasteiger partial charge < -0.3 is 5.32 Å². The zero-order chi connectivity index (χ0) is 9.52. The highest BCUT2D eigenvalue weighted by molar-refractivity contribution is 5.82. The van der Waals surface area contributed by atoms with E-state index in [0.29, 0.717) is 5.92 Å². The van der Waals surface area contributed by atoms with Gasteiger partial charge in [0.1, 0.15) is 0 Å². The Kier molecular flexibility index (Phi) is 2.17. The van der Waals surface area contributed by atoms with Gasteiger partial charge in [-0.2, -0.15) is 0 Å². The Bertz CT molecular complexity index is 199. The molecule has 1 aliphatic heterocycles. The molecule has 0 bridgehead atoms. The maximum atomic E-state index is 11.7. The highest BCUT2D eigenvalue weighted by atomic mass is 16.2. The van der Waals surface area contributed by atoms with E-state index in [9.17, 15) is 4.79 Å². The first-order valence-corrected chi connectivity index (χ1v) is 4.50. The van der Waals surface area contributed by atoms with Crippen LogP contribution in [0.15, 0.2) is 0 Å². The van der Waals surface area contributed by atoms with Crippen molar-refractivity contribution in [1.29, 1.82) is 0 Å². The smallest absolute Gasteiger partial charge is 0.285 e. The minimum absolute atomic E-state index is 0.0635. The van der Waals surface area contributed by atoms with Crippen molar-refractivity contribution in [2.45, 2.75) is 39.4 Å². The summed E-state index contributed by atoms with van der Waals surface area (Å²) in [7, 11) is 1.88. The molecule has 0 unspecified atom stereocenters. The Hall–Kier alpha value is -0.570. The van der Waals surface area contributed by atoms with Crippen molar-refractivity contribution < 1.29 is 10.1 Å². The lowest BCUT2D eigenvalue weighted by Gasteiger charge is -2.22. The average Bonchev–Trinajstić information content (AvgIpc) is 2.14. The highest BCUT2D eigenvalue weighted by Crippen LogP contribution is 2.14. The van der Waals surface area contributed by atoms with E-state index in [1.807, 2.05) is 11.9 Å². The van der Waals surface area contributed by atoms with Crippen molar-refractivity contribution in [2.75, 3.05) is 7.05 Å². The lowest BCUT2D eigenvalue weighted by molar-refractivity contribution is -0.742. The number of amides is 1. The number of hydrogen-bond acceptors (Lipinski definition) is 1. The van der Waals surface area contributed by atoms with Crippen LogP contribution in [-0.2, 0) is 4.79 Å². The molecule has 0 aromatic heterocycles. The molecule has 1 aliphatic rings. The Balaban J connectivity index is 2.81. The SMILES string of the molecule is CC(C)[C@@H]1[NH2+]C(C)(C)N(C)C1=O. The number of nitrogens with two attached hydrogens (primary N) is 1. The topological polar surface area (TPSA) is 36.9 Å². The van der Waals surface area contributed by atoms with E-state index in [4.69, 9.17) is 0 Å². The van der Waals surface area contributed by atoms with E-state index in [1.54, 1.807) is 0 Å². The van der Waals surface area contributed by atoms with Crippen LogP contribution in [0.5, 0.6) is 0 Å². The normalized spacial score (nSPS) is 28.7. The van der Waals surface area contributed by atoms with Crippen LogP contribution in [-0.4, -0.2) is 29.6 Å². The van der Waals surface area contributed by atoms with Gasteiger partial charge in [0.15, 0.2) is 11.7 Å². The second-order valence-corrected chi connectivity index (χ2v) is 4.49. The molecule has 0 radical (unpaired) electrons. The fourth-order valence-corrected chi connectivity index (χ4v) is 1.61. The molecule has 1 heterocycles. The van der Waals surface area contributed by atoms with Crippen LogP contribution in [0.4, 0.5) is 0 Å². The van der Waals surface area contributed by atoms with Gasteiger partial charge in [0.25, 0.3) is 5.91 Å². The van der Waals surface area contributed by atoms with E-state index in [0.717, 1.165) is 0 Å². The molecule has 1 rings (SSSR count). The largest absolute Gasteiger partial charge is 0.314 e. The Morgan fingerprint density at radius 1 is 1.50 bits per heavy atom. The molecule has 0 spiro atoms. The monoisotopic (exact) mass is 171 g/mol. The molecule has 0 aliphatic carbocycles. The number of nitrogens with zero attached hydrogens (tertiary/aromatic N) is 1. The van der Waals surface area contributed by atoms with Crippen molar-refractivity contribution in [3.8, 4) is 0 Å². The van der Waals surface area contributed by atoms with Crippen LogP contribution in [0, 0.1) is 5.92 Å². The summed E-state index contributed by atoms with van der Waals surface area (Å²) >= 11 is 0. The van der Waals surface area contributed by atoms with Crippen molar-refractivity contribution in [2.24, 2.45) is 5.92 Å².